The molecule has 1 aromatic heterocycles. The van der Waals surface area contributed by atoms with E-state index in [1.165, 1.54) is 11.8 Å². The van der Waals surface area contributed by atoms with Crippen LogP contribution < -0.4 is 0 Å². The van der Waals surface area contributed by atoms with E-state index in [0.29, 0.717) is 10.0 Å². The van der Waals surface area contributed by atoms with Crippen LogP contribution in [-0.2, 0) is 0 Å². The highest BCUT2D eigenvalue weighted by molar-refractivity contribution is 8.02. The highest BCUT2D eigenvalue weighted by Gasteiger charge is 2.00. The third-order valence-corrected chi connectivity index (χ3v) is 3.48. The van der Waals surface area contributed by atoms with Crippen molar-refractivity contribution in [1.29, 1.82) is 0 Å². The topological polar surface area (TPSA) is 12.9 Å². The second-order valence-corrected chi connectivity index (χ2v) is 4.96. The van der Waals surface area contributed by atoms with Gasteiger partial charge in [-0.15, -0.1) is 0 Å². The molecular weight excluding hydrogens is 273 g/mol. The van der Waals surface area contributed by atoms with Crippen LogP contribution in [-0.4, -0.2) is 4.98 Å². The van der Waals surface area contributed by atoms with Crippen LogP contribution in [0.1, 0.15) is 5.56 Å². The number of pyridine rings is 1. The molecule has 86 valence electrons. The Balaban J connectivity index is 2.11. The van der Waals surface area contributed by atoms with Gasteiger partial charge in [0.2, 0.25) is 0 Å². The van der Waals surface area contributed by atoms with Gasteiger partial charge in [-0.3, -0.25) is 0 Å². The van der Waals surface area contributed by atoms with Gasteiger partial charge in [-0.05, 0) is 35.7 Å². The largest absolute Gasteiger partial charge is 0.250 e. The minimum absolute atomic E-state index is 0.648. The van der Waals surface area contributed by atoms with Gasteiger partial charge in [-0.1, -0.05) is 47.1 Å². The first-order valence-corrected chi connectivity index (χ1v) is 6.59. The Morgan fingerprint density at radius 2 is 1.76 bits per heavy atom. The van der Waals surface area contributed by atoms with Crippen molar-refractivity contribution >= 4 is 41.0 Å². The number of aromatic nitrogens is 1. The number of thioether (sulfide) groups is 1. The quantitative estimate of drug-likeness (QED) is 0.722. The number of hydrogen-bond donors (Lipinski definition) is 0. The van der Waals surface area contributed by atoms with Gasteiger partial charge in [0.15, 0.2) is 0 Å². The van der Waals surface area contributed by atoms with Crippen molar-refractivity contribution in [3.63, 3.8) is 0 Å². The lowest BCUT2D eigenvalue weighted by atomic mass is 10.2. The zero-order chi connectivity index (χ0) is 12.1. The van der Waals surface area contributed by atoms with Gasteiger partial charge >= 0.3 is 0 Å². The van der Waals surface area contributed by atoms with Crippen molar-refractivity contribution in [3.8, 4) is 0 Å². The Morgan fingerprint density at radius 3 is 2.41 bits per heavy atom. The maximum Gasteiger partial charge on any atom is 0.100 e. The average molecular weight is 282 g/mol. The molecule has 2 aromatic rings. The normalized spacial score (nSPS) is 10.9. The summed E-state index contributed by atoms with van der Waals surface area (Å²) in [7, 11) is 0. The lowest BCUT2D eigenvalue weighted by Gasteiger charge is -2.00. The monoisotopic (exact) mass is 281 g/mol. The number of benzene rings is 1. The van der Waals surface area contributed by atoms with Gasteiger partial charge in [0.25, 0.3) is 0 Å². The van der Waals surface area contributed by atoms with Gasteiger partial charge in [-0.25, -0.2) is 4.98 Å². The summed E-state index contributed by atoms with van der Waals surface area (Å²) in [4.78, 5) is 4.20. The molecule has 17 heavy (non-hydrogen) atoms. The van der Waals surface area contributed by atoms with Crippen LogP contribution >= 0.6 is 35.0 Å². The second-order valence-electron chi connectivity index (χ2n) is 3.22. The van der Waals surface area contributed by atoms with Crippen LogP contribution in [0.2, 0.25) is 10.0 Å². The molecule has 0 aliphatic heterocycles. The molecule has 0 unspecified atom stereocenters. The van der Waals surface area contributed by atoms with E-state index < -0.39 is 0 Å². The summed E-state index contributed by atoms with van der Waals surface area (Å²) in [5.41, 5.74) is 0.833. The van der Waals surface area contributed by atoms with Gasteiger partial charge in [0.1, 0.15) is 5.03 Å². The summed E-state index contributed by atoms with van der Waals surface area (Å²) < 4.78 is 0. The second kappa shape index (κ2) is 6.10. The fourth-order valence-corrected chi connectivity index (χ4v) is 2.40. The third kappa shape index (κ3) is 3.50. The molecule has 4 heteroatoms. The predicted molar refractivity (Wildman–Crippen MR) is 75.6 cm³/mol. The van der Waals surface area contributed by atoms with E-state index in [-0.39, 0.29) is 0 Å². The average Bonchev–Trinajstić information content (AvgIpc) is 2.34. The van der Waals surface area contributed by atoms with Crippen LogP contribution in [0.25, 0.3) is 6.08 Å². The Hall–Kier alpha value is -0.960. The Kier molecular flexibility index (Phi) is 4.49. The zero-order valence-corrected chi connectivity index (χ0v) is 11.1. The van der Waals surface area contributed by atoms with Crippen molar-refractivity contribution in [2.24, 2.45) is 0 Å². The van der Waals surface area contributed by atoms with Crippen molar-refractivity contribution in [3.05, 3.63) is 63.6 Å². The first-order chi connectivity index (χ1) is 8.27. The van der Waals surface area contributed by atoms with E-state index in [0.717, 1.165) is 10.6 Å². The summed E-state index contributed by atoms with van der Waals surface area (Å²) in [6, 6.07) is 11.2. The van der Waals surface area contributed by atoms with Crippen molar-refractivity contribution < 1.29 is 0 Å². The fraction of sp³-hybridized carbons (Fsp3) is 0. The molecule has 0 aliphatic carbocycles. The van der Waals surface area contributed by atoms with Crippen molar-refractivity contribution in [1.82, 2.24) is 4.98 Å². The summed E-state index contributed by atoms with van der Waals surface area (Å²) in [6.07, 6.45) is 3.66. The van der Waals surface area contributed by atoms with Crippen LogP contribution in [0.3, 0.4) is 0 Å². The van der Waals surface area contributed by atoms with E-state index in [1.807, 2.05) is 47.9 Å². The molecular formula is C13H9Cl2NS. The Bertz CT molecular complexity index is 506. The number of halogens is 2. The summed E-state index contributed by atoms with van der Waals surface area (Å²) in [5.74, 6) is 0. The summed E-state index contributed by atoms with van der Waals surface area (Å²) in [5, 5.41) is 4.16. The Morgan fingerprint density at radius 1 is 1.00 bits per heavy atom. The lowest BCUT2D eigenvalue weighted by Crippen LogP contribution is -1.77. The number of nitrogens with zero attached hydrogens (tertiary/aromatic N) is 1. The van der Waals surface area contributed by atoms with Gasteiger partial charge < -0.3 is 0 Å². The molecule has 1 nitrogen and oxygen atoms in total. The highest BCUT2D eigenvalue weighted by Crippen LogP contribution is 2.27. The van der Waals surface area contributed by atoms with Crippen LogP contribution in [0.5, 0.6) is 0 Å². The van der Waals surface area contributed by atoms with E-state index in [2.05, 4.69) is 4.98 Å². The minimum atomic E-state index is 0.648. The van der Waals surface area contributed by atoms with Crippen LogP contribution in [0.4, 0.5) is 0 Å². The maximum absolute atomic E-state index is 6.05. The molecule has 1 heterocycles. The molecule has 0 radical (unpaired) electrons. The molecule has 2 rings (SSSR count). The molecule has 1 aromatic carbocycles. The first-order valence-electron chi connectivity index (χ1n) is 4.95. The maximum atomic E-state index is 6.05. The standard InChI is InChI=1S/C13H9Cl2NS/c14-11-4-3-5-12(15)10(11)7-9-17-13-6-1-2-8-16-13/h1-9H/b9-7+. The van der Waals surface area contributed by atoms with E-state index in [4.69, 9.17) is 23.2 Å². The van der Waals surface area contributed by atoms with Gasteiger partial charge in [0.05, 0.1) is 0 Å². The molecule has 0 spiro atoms. The summed E-state index contributed by atoms with van der Waals surface area (Å²) >= 11 is 13.6. The van der Waals surface area contributed by atoms with Crippen molar-refractivity contribution in [2.75, 3.05) is 0 Å². The molecule has 0 atom stereocenters. The predicted octanol–water partition coefficient (Wildman–Crippen LogP) is 5.15. The van der Waals surface area contributed by atoms with Gasteiger partial charge in [0, 0.05) is 21.8 Å². The molecule has 0 saturated carbocycles. The van der Waals surface area contributed by atoms with Crippen molar-refractivity contribution in [2.45, 2.75) is 5.03 Å². The zero-order valence-electron chi connectivity index (χ0n) is 8.81. The Labute approximate surface area is 114 Å². The molecule has 0 aliphatic rings. The minimum Gasteiger partial charge on any atom is -0.250 e. The fourth-order valence-electron chi connectivity index (χ4n) is 1.26. The van der Waals surface area contributed by atoms with Gasteiger partial charge in [-0.2, -0.15) is 0 Å². The van der Waals surface area contributed by atoms with E-state index >= 15 is 0 Å². The third-order valence-electron chi connectivity index (χ3n) is 2.06. The molecule has 0 amide bonds. The highest BCUT2D eigenvalue weighted by atomic mass is 35.5. The molecule has 0 fully saturated rings. The smallest absolute Gasteiger partial charge is 0.100 e. The SMILES string of the molecule is Clc1cccc(Cl)c1/C=C/Sc1ccccn1. The lowest BCUT2D eigenvalue weighted by molar-refractivity contribution is 1.14. The molecule has 0 bridgehead atoms. The van der Waals surface area contributed by atoms with E-state index in [1.54, 1.807) is 6.20 Å². The number of rotatable bonds is 3. The van der Waals surface area contributed by atoms with Crippen LogP contribution in [0, 0.1) is 0 Å². The molecule has 0 N–H and O–H groups in total. The van der Waals surface area contributed by atoms with Crippen LogP contribution in [0.15, 0.2) is 53.0 Å². The number of hydrogen-bond acceptors (Lipinski definition) is 2. The molecule has 0 saturated heterocycles. The summed E-state index contributed by atoms with van der Waals surface area (Å²) in [6.45, 7) is 0. The first kappa shape index (κ1) is 12.5. The van der Waals surface area contributed by atoms with E-state index in [9.17, 15) is 0 Å².